The Morgan fingerprint density at radius 1 is 1.50 bits per heavy atom. The molecule has 0 aliphatic heterocycles. The fourth-order valence-corrected chi connectivity index (χ4v) is 2.00. The summed E-state index contributed by atoms with van der Waals surface area (Å²) in [6.45, 7) is 0.515. The highest BCUT2D eigenvalue weighted by Crippen LogP contribution is 2.32. The molecule has 1 saturated carbocycles. The standard InChI is InChI=1S/C12H15ClFNO/c13-10-3-1-2-9(12(10)14)6-15-11(7-16)8-4-5-8/h1-3,8,11,15-16H,4-7H2/t11-/m1/s1. The number of hydrogen-bond acceptors (Lipinski definition) is 2. The van der Waals surface area contributed by atoms with Crippen molar-refractivity contribution in [1.82, 2.24) is 5.32 Å². The number of hydrogen-bond donors (Lipinski definition) is 2. The molecule has 0 spiro atoms. The molecule has 0 unspecified atom stereocenters. The summed E-state index contributed by atoms with van der Waals surface area (Å²) in [5.41, 5.74) is 0.548. The van der Waals surface area contributed by atoms with Gasteiger partial charge in [-0.15, -0.1) is 0 Å². The molecule has 1 aromatic rings. The highest BCUT2D eigenvalue weighted by atomic mass is 35.5. The fourth-order valence-electron chi connectivity index (χ4n) is 1.80. The van der Waals surface area contributed by atoms with Gasteiger partial charge in [0.1, 0.15) is 5.82 Å². The molecule has 16 heavy (non-hydrogen) atoms. The molecule has 88 valence electrons. The van der Waals surface area contributed by atoms with Crippen molar-refractivity contribution >= 4 is 11.6 Å². The second-order valence-electron chi connectivity index (χ2n) is 4.22. The van der Waals surface area contributed by atoms with Gasteiger partial charge in [0.05, 0.1) is 11.6 Å². The fraction of sp³-hybridized carbons (Fsp3) is 0.500. The number of benzene rings is 1. The van der Waals surface area contributed by atoms with Crippen LogP contribution in [-0.4, -0.2) is 17.8 Å². The van der Waals surface area contributed by atoms with E-state index in [4.69, 9.17) is 16.7 Å². The summed E-state index contributed by atoms with van der Waals surface area (Å²) in [5.74, 6) is 0.177. The van der Waals surface area contributed by atoms with Crippen LogP contribution in [0.2, 0.25) is 5.02 Å². The van der Waals surface area contributed by atoms with Crippen LogP contribution in [0.5, 0.6) is 0 Å². The summed E-state index contributed by atoms with van der Waals surface area (Å²) in [4.78, 5) is 0. The van der Waals surface area contributed by atoms with Gasteiger partial charge in [0.15, 0.2) is 0 Å². The number of aliphatic hydroxyl groups is 1. The smallest absolute Gasteiger partial charge is 0.146 e. The molecule has 0 heterocycles. The van der Waals surface area contributed by atoms with Crippen molar-refractivity contribution in [3.05, 3.63) is 34.6 Å². The van der Waals surface area contributed by atoms with Gasteiger partial charge in [0.25, 0.3) is 0 Å². The van der Waals surface area contributed by atoms with E-state index >= 15 is 0 Å². The van der Waals surface area contributed by atoms with Gasteiger partial charge in [-0.05, 0) is 24.8 Å². The van der Waals surface area contributed by atoms with Crippen molar-refractivity contribution in [2.75, 3.05) is 6.61 Å². The van der Waals surface area contributed by atoms with Crippen molar-refractivity contribution in [2.45, 2.75) is 25.4 Å². The minimum absolute atomic E-state index is 0.0818. The summed E-state index contributed by atoms with van der Waals surface area (Å²) < 4.78 is 13.5. The quantitative estimate of drug-likeness (QED) is 0.832. The average Bonchev–Trinajstić information content (AvgIpc) is 3.09. The number of halogens is 2. The highest BCUT2D eigenvalue weighted by Gasteiger charge is 2.30. The van der Waals surface area contributed by atoms with Gasteiger partial charge in [-0.25, -0.2) is 4.39 Å². The maximum Gasteiger partial charge on any atom is 0.146 e. The summed E-state index contributed by atoms with van der Waals surface area (Å²) in [5, 5.41) is 12.5. The van der Waals surface area contributed by atoms with Gasteiger partial charge in [-0.1, -0.05) is 23.7 Å². The Morgan fingerprint density at radius 3 is 2.88 bits per heavy atom. The molecule has 2 rings (SSSR count). The van der Waals surface area contributed by atoms with Crippen LogP contribution >= 0.6 is 11.6 Å². The molecule has 0 saturated heterocycles. The summed E-state index contributed by atoms with van der Waals surface area (Å²) in [6.07, 6.45) is 2.30. The van der Waals surface area contributed by atoms with Crippen LogP contribution in [0.25, 0.3) is 0 Å². The van der Waals surface area contributed by atoms with Crippen LogP contribution in [-0.2, 0) is 6.54 Å². The zero-order valence-corrected chi connectivity index (χ0v) is 9.67. The van der Waals surface area contributed by atoms with E-state index in [0.717, 1.165) is 12.8 Å². The first-order valence-corrected chi connectivity index (χ1v) is 5.87. The largest absolute Gasteiger partial charge is 0.395 e. The number of nitrogens with one attached hydrogen (secondary N) is 1. The minimum Gasteiger partial charge on any atom is -0.395 e. The van der Waals surface area contributed by atoms with Gasteiger partial charge in [-0.2, -0.15) is 0 Å². The van der Waals surface area contributed by atoms with E-state index in [1.165, 1.54) is 6.07 Å². The summed E-state index contributed by atoms with van der Waals surface area (Å²) in [7, 11) is 0. The lowest BCUT2D eigenvalue weighted by molar-refractivity contribution is 0.227. The van der Waals surface area contributed by atoms with Gasteiger partial charge in [0, 0.05) is 18.2 Å². The Kier molecular flexibility index (Phi) is 3.79. The molecule has 0 aromatic heterocycles. The second kappa shape index (κ2) is 5.13. The monoisotopic (exact) mass is 243 g/mol. The van der Waals surface area contributed by atoms with E-state index in [9.17, 15) is 4.39 Å². The average molecular weight is 244 g/mol. The maximum absolute atomic E-state index is 13.5. The molecule has 0 amide bonds. The Balaban J connectivity index is 1.95. The van der Waals surface area contributed by atoms with Crippen LogP contribution in [0.3, 0.4) is 0 Å². The van der Waals surface area contributed by atoms with E-state index in [1.54, 1.807) is 12.1 Å². The third-order valence-electron chi connectivity index (χ3n) is 2.97. The molecule has 2 N–H and O–H groups in total. The molecule has 0 bridgehead atoms. The molecule has 4 heteroatoms. The first-order valence-electron chi connectivity index (χ1n) is 5.49. The van der Waals surface area contributed by atoms with E-state index < -0.39 is 0 Å². The Morgan fingerprint density at radius 2 is 2.25 bits per heavy atom. The third kappa shape index (κ3) is 2.73. The van der Waals surface area contributed by atoms with E-state index in [1.807, 2.05) is 0 Å². The van der Waals surface area contributed by atoms with Gasteiger partial charge < -0.3 is 10.4 Å². The molecular weight excluding hydrogens is 229 g/mol. The lowest BCUT2D eigenvalue weighted by Crippen LogP contribution is -2.34. The molecular formula is C12H15ClFNO. The lowest BCUT2D eigenvalue weighted by Gasteiger charge is -2.15. The van der Waals surface area contributed by atoms with Crippen molar-refractivity contribution in [3.63, 3.8) is 0 Å². The topological polar surface area (TPSA) is 32.3 Å². The molecule has 1 aliphatic carbocycles. The number of aliphatic hydroxyl groups excluding tert-OH is 1. The normalized spacial score (nSPS) is 17.4. The predicted octanol–water partition coefficient (Wildman–Crippen LogP) is 2.34. The van der Waals surface area contributed by atoms with E-state index in [2.05, 4.69) is 5.32 Å². The maximum atomic E-state index is 13.5. The molecule has 0 radical (unpaired) electrons. The van der Waals surface area contributed by atoms with Crippen LogP contribution in [0.4, 0.5) is 4.39 Å². The number of rotatable bonds is 5. The second-order valence-corrected chi connectivity index (χ2v) is 4.63. The van der Waals surface area contributed by atoms with Crippen LogP contribution in [0.15, 0.2) is 18.2 Å². The SMILES string of the molecule is OC[C@@H](NCc1cccc(Cl)c1F)C1CC1. The minimum atomic E-state index is -0.371. The van der Waals surface area contributed by atoms with Gasteiger partial charge in [0.2, 0.25) is 0 Å². The molecule has 1 aromatic carbocycles. The first kappa shape index (κ1) is 11.8. The van der Waals surface area contributed by atoms with E-state index in [-0.39, 0.29) is 23.5 Å². The molecule has 1 aliphatic rings. The van der Waals surface area contributed by atoms with Gasteiger partial charge in [-0.3, -0.25) is 0 Å². The first-order chi connectivity index (χ1) is 7.72. The predicted molar refractivity (Wildman–Crippen MR) is 61.8 cm³/mol. The highest BCUT2D eigenvalue weighted by molar-refractivity contribution is 6.30. The van der Waals surface area contributed by atoms with Crippen LogP contribution in [0.1, 0.15) is 18.4 Å². The zero-order chi connectivity index (χ0) is 11.5. The Hall–Kier alpha value is -0.640. The summed E-state index contributed by atoms with van der Waals surface area (Å²) >= 11 is 5.69. The Bertz CT molecular complexity index is 368. The van der Waals surface area contributed by atoms with Crippen molar-refractivity contribution < 1.29 is 9.50 Å². The van der Waals surface area contributed by atoms with Gasteiger partial charge >= 0.3 is 0 Å². The molecule has 1 atom stereocenters. The lowest BCUT2D eigenvalue weighted by atomic mass is 10.1. The zero-order valence-electron chi connectivity index (χ0n) is 8.92. The van der Waals surface area contributed by atoms with Crippen molar-refractivity contribution in [1.29, 1.82) is 0 Å². The van der Waals surface area contributed by atoms with Crippen LogP contribution < -0.4 is 5.32 Å². The summed E-state index contributed by atoms with van der Waals surface area (Å²) in [6, 6.07) is 5.05. The molecule has 1 fully saturated rings. The third-order valence-corrected chi connectivity index (χ3v) is 3.27. The van der Waals surface area contributed by atoms with Crippen molar-refractivity contribution in [2.24, 2.45) is 5.92 Å². The van der Waals surface area contributed by atoms with Crippen molar-refractivity contribution in [3.8, 4) is 0 Å². The van der Waals surface area contributed by atoms with E-state index in [0.29, 0.717) is 18.0 Å². The Labute approximate surface area is 99.4 Å². The molecule has 2 nitrogen and oxygen atoms in total. The van der Waals surface area contributed by atoms with Crippen LogP contribution in [0, 0.1) is 11.7 Å².